The molecule has 3 N–H and O–H groups in total. The van der Waals surface area contributed by atoms with E-state index in [-0.39, 0.29) is 23.8 Å². The van der Waals surface area contributed by atoms with Gasteiger partial charge in [-0.15, -0.1) is 0 Å². The highest BCUT2D eigenvalue weighted by Crippen LogP contribution is 2.37. The standard InChI is InChI=1S/C17H24N2O2/c20-12-17(7-3-4-8-17)11-19-16(21)9-13-10-18-15-6-2-1-5-14(13)15/h1-2,5-6,13,18,20H,3-4,7-12H2,(H,19,21). The van der Waals surface area contributed by atoms with Gasteiger partial charge in [0.15, 0.2) is 0 Å². The highest BCUT2D eigenvalue weighted by molar-refractivity contribution is 5.78. The van der Waals surface area contributed by atoms with E-state index in [1.54, 1.807) is 0 Å². The van der Waals surface area contributed by atoms with Crippen LogP contribution >= 0.6 is 0 Å². The zero-order chi connectivity index (χ0) is 14.7. The predicted molar refractivity (Wildman–Crippen MR) is 83.3 cm³/mol. The number of amides is 1. The van der Waals surface area contributed by atoms with Gasteiger partial charge in [0, 0.05) is 36.5 Å². The first-order valence-electron chi connectivity index (χ1n) is 7.93. The summed E-state index contributed by atoms with van der Waals surface area (Å²) < 4.78 is 0. The SMILES string of the molecule is O=C(CC1CNc2ccccc21)NCC1(CO)CCCC1. The lowest BCUT2D eigenvalue weighted by Gasteiger charge is -2.26. The van der Waals surface area contributed by atoms with E-state index < -0.39 is 0 Å². The van der Waals surface area contributed by atoms with E-state index in [1.807, 2.05) is 12.1 Å². The number of aliphatic hydroxyl groups excluding tert-OH is 1. The molecule has 4 nitrogen and oxygen atoms in total. The lowest BCUT2D eigenvalue weighted by molar-refractivity contribution is -0.122. The summed E-state index contributed by atoms with van der Waals surface area (Å²) in [6.07, 6.45) is 4.90. The van der Waals surface area contributed by atoms with Crippen molar-refractivity contribution in [3.63, 3.8) is 0 Å². The zero-order valence-corrected chi connectivity index (χ0v) is 12.4. The summed E-state index contributed by atoms with van der Waals surface area (Å²) in [7, 11) is 0. The van der Waals surface area contributed by atoms with Gasteiger partial charge in [-0.2, -0.15) is 0 Å². The molecule has 1 aliphatic heterocycles. The minimum absolute atomic E-state index is 0.0680. The van der Waals surface area contributed by atoms with Crippen LogP contribution in [0, 0.1) is 5.41 Å². The third kappa shape index (κ3) is 3.05. The van der Waals surface area contributed by atoms with Gasteiger partial charge in [-0.1, -0.05) is 31.0 Å². The Balaban J connectivity index is 1.53. The molecule has 0 aromatic heterocycles. The molecule has 2 aliphatic rings. The fourth-order valence-electron chi connectivity index (χ4n) is 3.64. The van der Waals surface area contributed by atoms with E-state index in [4.69, 9.17) is 0 Å². The van der Waals surface area contributed by atoms with Gasteiger partial charge in [0.05, 0.1) is 6.61 Å². The Bertz CT molecular complexity index is 509. The van der Waals surface area contributed by atoms with E-state index in [9.17, 15) is 9.90 Å². The van der Waals surface area contributed by atoms with Crippen molar-refractivity contribution in [3.8, 4) is 0 Å². The predicted octanol–water partition coefficient (Wildman–Crippen LogP) is 2.25. The first-order valence-corrected chi connectivity index (χ1v) is 7.93. The number of benzene rings is 1. The van der Waals surface area contributed by atoms with Crippen molar-refractivity contribution in [1.29, 1.82) is 0 Å². The topological polar surface area (TPSA) is 61.4 Å². The van der Waals surface area contributed by atoms with Crippen LogP contribution in [0.5, 0.6) is 0 Å². The number of anilines is 1. The van der Waals surface area contributed by atoms with Gasteiger partial charge < -0.3 is 15.7 Å². The molecule has 3 rings (SSSR count). The summed E-state index contributed by atoms with van der Waals surface area (Å²) in [6.45, 7) is 1.63. The van der Waals surface area contributed by atoms with Crippen LogP contribution in [0.3, 0.4) is 0 Å². The summed E-state index contributed by atoms with van der Waals surface area (Å²) in [5.41, 5.74) is 2.32. The normalized spacial score (nSPS) is 22.6. The van der Waals surface area contributed by atoms with Crippen LogP contribution in [0.25, 0.3) is 0 Å². The van der Waals surface area contributed by atoms with Gasteiger partial charge >= 0.3 is 0 Å². The van der Waals surface area contributed by atoms with Crippen LogP contribution in [0.15, 0.2) is 24.3 Å². The molecule has 0 spiro atoms. The Hall–Kier alpha value is -1.55. The van der Waals surface area contributed by atoms with Gasteiger partial charge in [-0.3, -0.25) is 4.79 Å². The fourth-order valence-corrected chi connectivity index (χ4v) is 3.64. The first kappa shape index (κ1) is 14.4. The number of aliphatic hydroxyl groups is 1. The monoisotopic (exact) mass is 288 g/mol. The molecule has 1 aromatic rings. The van der Waals surface area contributed by atoms with Crippen molar-refractivity contribution in [2.45, 2.75) is 38.0 Å². The van der Waals surface area contributed by atoms with Crippen molar-refractivity contribution in [2.75, 3.05) is 25.0 Å². The quantitative estimate of drug-likeness (QED) is 0.779. The number of carbonyl (C=O) groups is 1. The largest absolute Gasteiger partial charge is 0.396 e. The minimum atomic E-state index is -0.0680. The third-order valence-corrected chi connectivity index (χ3v) is 5.03. The van der Waals surface area contributed by atoms with Crippen LogP contribution in [-0.4, -0.2) is 30.7 Å². The van der Waals surface area contributed by atoms with Crippen molar-refractivity contribution >= 4 is 11.6 Å². The van der Waals surface area contributed by atoms with Crippen LogP contribution in [0.1, 0.15) is 43.6 Å². The second-order valence-corrected chi connectivity index (χ2v) is 6.51. The van der Waals surface area contributed by atoms with E-state index in [1.165, 1.54) is 5.56 Å². The van der Waals surface area contributed by atoms with E-state index in [2.05, 4.69) is 22.8 Å². The summed E-state index contributed by atoms with van der Waals surface area (Å²) in [5, 5.41) is 16.0. The minimum Gasteiger partial charge on any atom is -0.396 e. The van der Waals surface area contributed by atoms with Crippen molar-refractivity contribution in [1.82, 2.24) is 5.32 Å². The smallest absolute Gasteiger partial charge is 0.220 e. The Labute approximate surface area is 125 Å². The maximum atomic E-state index is 12.2. The second kappa shape index (κ2) is 6.06. The Morgan fingerprint density at radius 2 is 2.10 bits per heavy atom. The Morgan fingerprint density at radius 3 is 2.86 bits per heavy atom. The number of para-hydroxylation sites is 1. The Kier molecular flexibility index (Phi) is 4.15. The molecule has 1 amide bonds. The van der Waals surface area contributed by atoms with Gasteiger partial charge in [-0.05, 0) is 24.5 Å². The van der Waals surface area contributed by atoms with Gasteiger partial charge in [0.2, 0.25) is 5.91 Å². The number of carbonyl (C=O) groups excluding carboxylic acids is 1. The van der Waals surface area contributed by atoms with Crippen molar-refractivity contribution in [2.24, 2.45) is 5.41 Å². The second-order valence-electron chi connectivity index (χ2n) is 6.51. The average Bonchev–Trinajstić information content (AvgIpc) is 3.14. The lowest BCUT2D eigenvalue weighted by atomic mass is 9.87. The number of hydrogen-bond donors (Lipinski definition) is 3. The molecular formula is C17H24N2O2. The van der Waals surface area contributed by atoms with E-state index in [0.717, 1.165) is 37.9 Å². The van der Waals surface area contributed by atoms with Gasteiger partial charge in [0.25, 0.3) is 0 Å². The van der Waals surface area contributed by atoms with Gasteiger partial charge in [0.1, 0.15) is 0 Å². The molecule has 114 valence electrons. The molecule has 1 heterocycles. The molecule has 0 radical (unpaired) electrons. The molecule has 1 aliphatic carbocycles. The van der Waals surface area contributed by atoms with Gasteiger partial charge in [-0.25, -0.2) is 0 Å². The van der Waals surface area contributed by atoms with E-state index >= 15 is 0 Å². The molecule has 1 unspecified atom stereocenters. The summed E-state index contributed by atoms with van der Waals surface area (Å²) in [6, 6.07) is 8.20. The number of hydrogen-bond acceptors (Lipinski definition) is 3. The number of fused-ring (bicyclic) bond motifs is 1. The molecular weight excluding hydrogens is 264 g/mol. The fraction of sp³-hybridized carbons (Fsp3) is 0.588. The highest BCUT2D eigenvalue weighted by Gasteiger charge is 2.33. The highest BCUT2D eigenvalue weighted by atomic mass is 16.3. The molecule has 1 atom stereocenters. The molecule has 4 heteroatoms. The Morgan fingerprint density at radius 1 is 1.33 bits per heavy atom. The number of nitrogens with one attached hydrogen (secondary N) is 2. The average molecular weight is 288 g/mol. The lowest BCUT2D eigenvalue weighted by Crippen LogP contribution is -2.38. The van der Waals surface area contributed by atoms with Crippen LogP contribution in [0.4, 0.5) is 5.69 Å². The van der Waals surface area contributed by atoms with Crippen LogP contribution in [0.2, 0.25) is 0 Å². The van der Waals surface area contributed by atoms with Crippen molar-refractivity contribution < 1.29 is 9.90 Å². The molecule has 0 bridgehead atoms. The summed E-state index contributed by atoms with van der Waals surface area (Å²) in [4.78, 5) is 12.2. The zero-order valence-electron chi connectivity index (χ0n) is 12.4. The van der Waals surface area contributed by atoms with Crippen LogP contribution in [-0.2, 0) is 4.79 Å². The molecule has 1 saturated carbocycles. The van der Waals surface area contributed by atoms with E-state index in [0.29, 0.717) is 13.0 Å². The maximum Gasteiger partial charge on any atom is 0.220 e. The third-order valence-electron chi connectivity index (χ3n) is 5.03. The molecule has 1 aromatic carbocycles. The van der Waals surface area contributed by atoms with Crippen LogP contribution < -0.4 is 10.6 Å². The first-order chi connectivity index (χ1) is 10.2. The number of rotatable bonds is 5. The molecule has 0 saturated heterocycles. The molecule has 21 heavy (non-hydrogen) atoms. The van der Waals surface area contributed by atoms with Crippen molar-refractivity contribution in [3.05, 3.63) is 29.8 Å². The maximum absolute atomic E-state index is 12.2. The summed E-state index contributed by atoms with van der Waals surface area (Å²) in [5.74, 6) is 0.355. The summed E-state index contributed by atoms with van der Waals surface area (Å²) >= 11 is 0. The molecule has 1 fully saturated rings.